The van der Waals surface area contributed by atoms with Crippen LogP contribution in [0, 0.1) is 0 Å². The van der Waals surface area contributed by atoms with E-state index in [1.54, 1.807) is 6.07 Å². The molecule has 0 bridgehead atoms. The average Bonchev–Trinajstić information content (AvgIpc) is 3.06. The highest BCUT2D eigenvalue weighted by Crippen LogP contribution is 2.32. The fourth-order valence-corrected chi connectivity index (χ4v) is 3.65. The van der Waals surface area contributed by atoms with Gasteiger partial charge in [-0.15, -0.1) is 0 Å². The second-order valence-electron chi connectivity index (χ2n) is 5.93. The van der Waals surface area contributed by atoms with Crippen LogP contribution in [0.1, 0.15) is 41.3 Å². The predicted octanol–water partition coefficient (Wildman–Crippen LogP) is 3.76. The highest BCUT2D eigenvalue weighted by molar-refractivity contribution is 6.35. The van der Waals surface area contributed by atoms with E-state index in [9.17, 15) is 4.79 Å². The first-order valence-corrected chi connectivity index (χ1v) is 8.46. The van der Waals surface area contributed by atoms with E-state index in [2.05, 4.69) is 27.9 Å². The summed E-state index contributed by atoms with van der Waals surface area (Å²) in [7, 11) is 0. The van der Waals surface area contributed by atoms with Crippen molar-refractivity contribution in [2.24, 2.45) is 0 Å². The van der Waals surface area contributed by atoms with Crippen molar-refractivity contribution >= 4 is 28.5 Å². The summed E-state index contributed by atoms with van der Waals surface area (Å²) in [4.78, 5) is 26.9. The van der Waals surface area contributed by atoms with Crippen molar-refractivity contribution in [2.75, 3.05) is 6.54 Å². The molecule has 0 aliphatic carbocycles. The SMILES string of the molecule is CC[C@H]1c2cccnc2CCN1C(=O)c1nc2cccc(Cl)c2[nH]1. The molecule has 122 valence electrons. The highest BCUT2D eigenvalue weighted by Gasteiger charge is 2.32. The smallest absolute Gasteiger partial charge is 0.290 e. The molecule has 0 spiro atoms. The van der Waals surface area contributed by atoms with Crippen molar-refractivity contribution in [1.29, 1.82) is 0 Å². The van der Waals surface area contributed by atoms with Gasteiger partial charge in [-0.1, -0.05) is 30.7 Å². The number of H-pyrrole nitrogens is 1. The van der Waals surface area contributed by atoms with Crippen LogP contribution in [0.5, 0.6) is 0 Å². The monoisotopic (exact) mass is 340 g/mol. The molecule has 0 unspecified atom stereocenters. The number of benzene rings is 1. The number of para-hydroxylation sites is 1. The zero-order valence-electron chi connectivity index (χ0n) is 13.3. The van der Waals surface area contributed by atoms with Crippen LogP contribution in [-0.4, -0.2) is 32.3 Å². The Morgan fingerprint density at radius 2 is 2.25 bits per heavy atom. The van der Waals surface area contributed by atoms with E-state index in [0.717, 1.165) is 24.1 Å². The summed E-state index contributed by atoms with van der Waals surface area (Å²) in [5.41, 5.74) is 3.63. The van der Waals surface area contributed by atoms with Crippen molar-refractivity contribution < 1.29 is 4.79 Å². The number of rotatable bonds is 2. The summed E-state index contributed by atoms with van der Waals surface area (Å²) in [6.45, 7) is 2.73. The molecule has 2 aromatic heterocycles. The largest absolute Gasteiger partial charge is 0.333 e. The third kappa shape index (κ3) is 2.36. The first-order chi connectivity index (χ1) is 11.7. The third-order valence-electron chi connectivity index (χ3n) is 4.57. The van der Waals surface area contributed by atoms with Crippen LogP contribution in [0.2, 0.25) is 5.02 Å². The summed E-state index contributed by atoms with van der Waals surface area (Å²) < 4.78 is 0. The molecule has 5 nitrogen and oxygen atoms in total. The van der Waals surface area contributed by atoms with E-state index in [4.69, 9.17) is 11.6 Å². The molecule has 0 radical (unpaired) electrons. The lowest BCUT2D eigenvalue weighted by Crippen LogP contribution is -2.40. The first kappa shape index (κ1) is 15.1. The molecule has 0 fully saturated rings. The molecule has 6 heteroatoms. The summed E-state index contributed by atoms with van der Waals surface area (Å²) in [6.07, 6.45) is 3.41. The Morgan fingerprint density at radius 3 is 3.04 bits per heavy atom. The number of pyridine rings is 1. The standard InChI is InChI=1S/C18H17ClN4O/c1-2-15-11-5-4-9-20-13(11)8-10-23(15)18(24)17-21-14-7-3-6-12(19)16(14)22-17/h3-7,9,15H,2,8,10H2,1H3,(H,21,22)/t15-/m0/s1. The first-order valence-electron chi connectivity index (χ1n) is 8.08. The Labute approximate surface area is 144 Å². The van der Waals surface area contributed by atoms with E-state index < -0.39 is 0 Å². The maximum Gasteiger partial charge on any atom is 0.290 e. The van der Waals surface area contributed by atoms with Crippen LogP contribution >= 0.6 is 11.6 Å². The number of carbonyl (C=O) groups excluding carboxylic acids is 1. The molecule has 24 heavy (non-hydrogen) atoms. The third-order valence-corrected chi connectivity index (χ3v) is 4.88. The quantitative estimate of drug-likeness (QED) is 0.772. The molecule has 1 aliphatic heterocycles. The van der Waals surface area contributed by atoms with Crippen LogP contribution in [0.4, 0.5) is 0 Å². The fourth-order valence-electron chi connectivity index (χ4n) is 3.43. The molecule has 3 heterocycles. The van der Waals surface area contributed by atoms with E-state index in [1.807, 2.05) is 29.3 Å². The maximum absolute atomic E-state index is 13.0. The molecule has 1 atom stereocenters. The Morgan fingerprint density at radius 1 is 1.38 bits per heavy atom. The van der Waals surface area contributed by atoms with Gasteiger partial charge < -0.3 is 9.88 Å². The highest BCUT2D eigenvalue weighted by atomic mass is 35.5. The van der Waals surface area contributed by atoms with Gasteiger partial charge >= 0.3 is 0 Å². The number of fused-ring (bicyclic) bond motifs is 2. The van der Waals surface area contributed by atoms with E-state index in [-0.39, 0.29) is 11.9 Å². The number of imidazole rings is 1. The Hall–Kier alpha value is -2.40. The minimum absolute atomic E-state index is 0.0265. The van der Waals surface area contributed by atoms with Crippen LogP contribution in [0.15, 0.2) is 36.5 Å². The lowest BCUT2D eigenvalue weighted by atomic mass is 9.95. The normalized spacial score (nSPS) is 17.1. The van der Waals surface area contributed by atoms with Gasteiger partial charge in [-0.25, -0.2) is 4.98 Å². The number of nitrogens with zero attached hydrogens (tertiary/aromatic N) is 3. The number of nitrogens with one attached hydrogen (secondary N) is 1. The minimum atomic E-state index is -0.0939. The zero-order valence-corrected chi connectivity index (χ0v) is 14.0. The Balaban J connectivity index is 1.72. The van der Waals surface area contributed by atoms with Gasteiger partial charge in [-0.05, 0) is 30.2 Å². The van der Waals surface area contributed by atoms with Crippen LogP contribution in [0.3, 0.4) is 0 Å². The predicted molar refractivity (Wildman–Crippen MR) is 93.1 cm³/mol. The van der Waals surface area contributed by atoms with Crippen LogP contribution in [-0.2, 0) is 6.42 Å². The molecule has 3 aromatic rings. The van der Waals surface area contributed by atoms with Gasteiger partial charge in [-0.3, -0.25) is 9.78 Å². The zero-order chi connectivity index (χ0) is 16.7. The van der Waals surface area contributed by atoms with Crippen molar-refractivity contribution in [3.63, 3.8) is 0 Å². The van der Waals surface area contributed by atoms with E-state index in [0.29, 0.717) is 28.4 Å². The van der Waals surface area contributed by atoms with Crippen LogP contribution < -0.4 is 0 Å². The number of halogens is 1. The van der Waals surface area contributed by atoms with E-state index >= 15 is 0 Å². The molecule has 1 amide bonds. The Kier molecular flexibility index (Phi) is 3.73. The number of aromatic nitrogens is 3. The minimum Gasteiger partial charge on any atom is -0.333 e. The van der Waals surface area contributed by atoms with Gasteiger partial charge in [0.15, 0.2) is 5.82 Å². The van der Waals surface area contributed by atoms with Gasteiger partial charge in [0.1, 0.15) is 0 Å². The molecule has 4 rings (SSSR count). The number of carbonyl (C=O) groups is 1. The number of hydrogen-bond acceptors (Lipinski definition) is 3. The lowest BCUT2D eigenvalue weighted by molar-refractivity contribution is 0.0642. The fraction of sp³-hybridized carbons (Fsp3) is 0.278. The average molecular weight is 341 g/mol. The molecule has 0 saturated heterocycles. The molecule has 1 aliphatic rings. The van der Waals surface area contributed by atoms with Gasteiger partial charge in [0.05, 0.1) is 22.1 Å². The van der Waals surface area contributed by atoms with Crippen molar-refractivity contribution in [3.05, 3.63) is 58.6 Å². The number of amides is 1. The number of hydrogen-bond donors (Lipinski definition) is 1. The van der Waals surface area contributed by atoms with Gasteiger partial charge in [0.25, 0.3) is 5.91 Å². The number of aromatic amines is 1. The Bertz CT molecular complexity index is 920. The second-order valence-corrected chi connectivity index (χ2v) is 6.34. The molecule has 0 saturated carbocycles. The lowest BCUT2D eigenvalue weighted by Gasteiger charge is -2.35. The molecular formula is C18H17ClN4O. The van der Waals surface area contributed by atoms with Gasteiger partial charge in [-0.2, -0.15) is 0 Å². The molecule has 1 aromatic carbocycles. The molecular weight excluding hydrogens is 324 g/mol. The summed E-state index contributed by atoms with van der Waals surface area (Å²) in [5.74, 6) is 0.243. The summed E-state index contributed by atoms with van der Waals surface area (Å²) >= 11 is 6.18. The van der Waals surface area contributed by atoms with Crippen molar-refractivity contribution in [1.82, 2.24) is 19.9 Å². The van der Waals surface area contributed by atoms with Crippen LogP contribution in [0.25, 0.3) is 11.0 Å². The van der Waals surface area contributed by atoms with E-state index in [1.165, 1.54) is 0 Å². The summed E-state index contributed by atoms with van der Waals surface area (Å²) in [6, 6.07) is 9.48. The molecule has 1 N–H and O–H groups in total. The maximum atomic E-state index is 13.0. The summed E-state index contributed by atoms with van der Waals surface area (Å²) in [5, 5.41) is 0.569. The van der Waals surface area contributed by atoms with Gasteiger partial charge in [0, 0.05) is 24.9 Å². The van der Waals surface area contributed by atoms with Crippen molar-refractivity contribution in [2.45, 2.75) is 25.8 Å². The second kappa shape index (κ2) is 5.91. The van der Waals surface area contributed by atoms with Gasteiger partial charge in [0.2, 0.25) is 0 Å². The topological polar surface area (TPSA) is 61.9 Å². The van der Waals surface area contributed by atoms with Crippen molar-refractivity contribution in [3.8, 4) is 0 Å².